The van der Waals surface area contributed by atoms with E-state index in [0.29, 0.717) is 27.3 Å². The van der Waals surface area contributed by atoms with Gasteiger partial charge in [-0.25, -0.2) is 4.79 Å². The lowest BCUT2D eigenvalue weighted by atomic mass is 10.3. The SMILES string of the molecule is CC(C)OC(=O)[C@@H](C)Oc1ccc(Oc2ccc(Cl)cc2Cl)cc1. The van der Waals surface area contributed by atoms with Crippen LogP contribution in [0, 0.1) is 0 Å². The Labute approximate surface area is 151 Å². The molecule has 0 spiro atoms. The molecule has 0 heterocycles. The molecule has 0 unspecified atom stereocenters. The zero-order valence-electron chi connectivity index (χ0n) is 13.6. The van der Waals surface area contributed by atoms with Gasteiger partial charge in [0.25, 0.3) is 0 Å². The summed E-state index contributed by atoms with van der Waals surface area (Å²) >= 11 is 11.9. The third-order valence-corrected chi connectivity index (χ3v) is 3.47. The van der Waals surface area contributed by atoms with Crippen LogP contribution in [0.4, 0.5) is 0 Å². The first-order valence-electron chi connectivity index (χ1n) is 7.45. The molecule has 0 fully saturated rings. The highest BCUT2D eigenvalue weighted by atomic mass is 35.5. The number of halogens is 2. The average Bonchev–Trinajstić information content (AvgIpc) is 2.51. The molecule has 0 radical (unpaired) electrons. The van der Waals surface area contributed by atoms with Crippen molar-refractivity contribution in [2.75, 3.05) is 0 Å². The molecule has 0 aliphatic heterocycles. The molecular formula is C18H18Cl2O4. The fraction of sp³-hybridized carbons (Fsp3) is 0.278. The Morgan fingerprint density at radius 1 is 0.958 bits per heavy atom. The van der Waals surface area contributed by atoms with Crippen molar-refractivity contribution < 1.29 is 19.0 Å². The van der Waals surface area contributed by atoms with Gasteiger partial charge in [-0.2, -0.15) is 0 Å². The van der Waals surface area contributed by atoms with Gasteiger partial charge in [0, 0.05) is 5.02 Å². The topological polar surface area (TPSA) is 44.8 Å². The molecule has 0 aliphatic carbocycles. The van der Waals surface area contributed by atoms with E-state index in [0.717, 1.165) is 0 Å². The lowest BCUT2D eigenvalue weighted by Gasteiger charge is -2.16. The molecule has 4 nitrogen and oxygen atoms in total. The number of esters is 1. The summed E-state index contributed by atoms with van der Waals surface area (Å²) in [5.74, 6) is 1.23. The van der Waals surface area contributed by atoms with Crippen molar-refractivity contribution >= 4 is 29.2 Å². The van der Waals surface area contributed by atoms with E-state index in [2.05, 4.69) is 0 Å². The van der Waals surface area contributed by atoms with Gasteiger partial charge in [0.1, 0.15) is 17.2 Å². The Kier molecular flexibility index (Phi) is 6.35. The van der Waals surface area contributed by atoms with Crippen LogP contribution in [-0.4, -0.2) is 18.2 Å². The van der Waals surface area contributed by atoms with Crippen molar-refractivity contribution in [3.8, 4) is 17.2 Å². The van der Waals surface area contributed by atoms with Crippen LogP contribution in [0.3, 0.4) is 0 Å². The highest BCUT2D eigenvalue weighted by Crippen LogP contribution is 2.32. The van der Waals surface area contributed by atoms with Gasteiger partial charge in [-0.1, -0.05) is 23.2 Å². The Hall–Kier alpha value is -1.91. The predicted molar refractivity (Wildman–Crippen MR) is 94.3 cm³/mol. The highest BCUT2D eigenvalue weighted by Gasteiger charge is 2.17. The molecular weight excluding hydrogens is 351 g/mol. The van der Waals surface area contributed by atoms with E-state index in [9.17, 15) is 4.79 Å². The molecule has 0 N–H and O–H groups in total. The second-order valence-corrected chi connectivity index (χ2v) is 6.24. The van der Waals surface area contributed by atoms with E-state index in [4.69, 9.17) is 37.4 Å². The van der Waals surface area contributed by atoms with Crippen molar-refractivity contribution in [3.05, 3.63) is 52.5 Å². The molecule has 128 valence electrons. The number of carbonyl (C=O) groups is 1. The Morgan fingerprint density at radius 2 is 1.58 bits per heavy atom. The Balaban J connectivity index is 1.99. The minimum Gasteiger partial charge on any atom is -0.479 e. The second-order valence-electron chi connectivity index (χ2n) is 5.39. The molecule has 0 aromatic heterocycles. The van der Waals surface area contributed by atoms with Gasteiger partial charge < -0.3 is 14.2 Å². The van der Waals surface area contributed by atoms with Gasteiger partial charge in [-0.15, -0.1) is 0 Å². The molecule has 2 aromatic rings. The van der Waals surface area contributed by atoms with Crippen LogP contribution in [0.1, 0.15) is 20.8 Å². The lowest BCUT2D eigenvalue weighted by molar-refractivity contribution is -0.154. The number of benzene rings is 2. The summed E-state index contributed by atoms with van der Waals surface area (Å²) in [6, 6.07) is 11.9. The number of carbonyl (C=O) groups excluding carboxylic acids is 1. The van der Waals surface area contributed by atoms with Crippen LogP contribution in [0.5, 0.6) is 17.2 Å². The first kappa shape index (κ1) is 18.4. The van der Waals surface area contributed by atoms with Crippen LogP contribution in [-0.2, 0) is 9.53 Å². The summed E-state index contributed by atoms with van der Waals surface area (Å²) in [4.78, 5) is 11.7. The van der Waals surface area contributed by atoms with Gasteiger partial charge in [-0.3, -0.25) is 0 Å². The molecule has 2 rings (SSSR count). The van der Waals surface area contributed by atoms with E-state index in [1.807, 2.05) is 0 Å². The largest absolute Gasteiger partial charge is 0.479 e. The first-order chi connectivity index (χ1) is 11.3. The lowest BCUT2D eigenvalue weighted by Crippen LogP contribution is -2.28. The zero-order valence-corrected chi connectivity index (χ0v) is 15.1. The maximum atomic E-state index is 11.7. The quantitative estimate of drug-likeness (QED) is 0.631. The van der Waals surface area contributed by atoms with E-state index in [-0.39, 0.29) is 6.10 Å². The van der Waals surface area contributed by atoms with Gasteiger partial charge in [0.15, 0.2) is 6.10 Å². The molecule has 0 saturated heterocycles. The summed E-state index contributed by atoms with van der Waals surface area (Å²) in [6.07, 6.45) is -0.867. The molecule has 0 saturated carbocycles. The molecule has 6 heteroatoms. The molecule has 0 bridgehead atoms. The van der Waals surface area contributed by atoms with Crippen LogP contribution >= 0.6 is 23.2 Å². The standard InChI is InChI=1S/C18H18Cl2O4/c1-11(2)22-18(21)12(3)23-14-5-7-15(8-6-14)24-17-9-4-13(19)10-16(17)20/h4-12H,1-3H3/t12-/m1/s1. The minimum absolute atomic E-state index is 0.177. The third kappa shape index (κ3) is 5.32. The number of hydrogen-bond acceptors (Lipinski definition) is 4. The smallest absolute Gasteiger partial charge is 0.347 e. The Bertz CT molecular complexity index is 699. The van der Waals surface area contributed by atoms with Crippen molar-refractivity contribution in [3.63, 3.8) is 0 Å². The minimum atomic E-state index is -0.690. The van der Waals surface area contributed by atoms with Crippen LogP contribution in [0.25, 0.3) is 0 Å². The summed E-state index contributed by atoms with van der Waals surface area (Å²) in [7, 11) is 0. The maximum Gasteiger partial charge on any atom is 0.347 e. The highest BCUT2D eigenvalue weighted by molar-refractivity contribution is 6.35. The molecule has 1 atom stereocenters. The predicted octanol–water partition coefficient (Wildman–Crippen LogP) is 5.50. The molecule has 0 aliphatic rings. The Morgan fingerprint density at radius 3 is 2.17 bits per heavy atom. The molecule has 24 heavy (non-hydrogen) atoms. The fourth-order valence-electron chi connectivity index (χ4n) is 1.85. The van der Waals surface area contributed by atoms with E-state index in [1.54, 1.807) is 63.2 Å². The normalized spacial score (nSPS) is 11.9. The van der Waals surface area contributed by atoms with E-state index < -0.39 is 12.1 Å². The van der Waals surface area contributed by atoms with E-state index >= 15 is 0 Å². The molecule has 2 aromatic carbocycles. The molecule has 0 amide bonds. The van der Waals surface area contributed by atoms with Crippen molar-refractivity contribution in [1.82, 2.24) is 0 Å². The summed E-state index contributed by atoms with van der Waals surface area (Å²) in [6.45, 7) is 5.22. The summed E-state index contributed by atoms with van der Waals surface area (Å²) in [5.41, 5.74) is 0. The van der Waals surface area contributed by atoms with Crippen molar-refractivity contribution in [1.29, 1.82) is 0 Å². The number of rotatable bonds is 6. The van der Waals surface area contributed by atoms with Crippen LogP contribution in [0.2, 0.25) is 10.0 Å². The van der Waals surface area contributed by atoms with Crippen LogP contribution in [0.15, 0.2) is 42.5 Å². The van der Waals surface area contributed by atoms with Crippen molar-refractivity contribution in [2.24, 2.45) is 0 Å². The zero-order chi connectivity index (χ0) is 17.7. The number of ether oxygens (including phenoxy) is 3. The van der Waals surface area contributed by atoms with Gasteiger partial charge >= 0.3 is 5.97 Å². The average molecular weight is 369 g/mol. The third-order valence-electron chi connectivity index (χ3n) is 2.94. The van der Waals surface area contributed by atoms with Crippen molar-refractivity contribution in [2.45, 2.75) is 33.0 Å². The van der Waals surface area contributed by atoms with E-state index in [1.165, 1.54) is 0 Å². The summed E-state index contributed by atoms with van der Waals surface area (Å²) < 4.78 is 16.3. The van der Waals surface area contributed by atoms with Gasteiger partial charge in [0.2, 0.25) is 0 Å². The monoisotopic (exact) mass is 368 g/mol. The second kappa shape index (κ2) is 8.27. The number of hydrogen-bond donors (Lipinski definition) is 0. The first-order valence-corrected chi connectivity index (χ1v) is 8.21. The van der Waals surface area contributed by atoms with Gasteiger partial charge in [-0.05, 0) is 63.2 Å². The maximum absolute atomic E-state index is 11.7. The summed E-state index contributed by atoms with van der Waals surface area (Å²) in [5, 5.41) is 0.964. The van der Waals surface area contributed by atoms with Gasteiger partial charge in [0.05, 0.1) is 11.1 Å². The van der Waals surface area contributed by atoms with Crippen LogP contribution < -0.4 is 9.47 Å². The fourth-order valence-corrected chi connectivity index (χ4v) is 2.30.